The minimum Gasteiger partial charge on any atom is -0.480 e. The van der Waals surface area contributed by atoms with Gasteiger partial charge in [-0.15, -0.1) is 11.8 Å². The highest BCUT2D eigenvalue weighted by atomic mass is 16.4. The lowest BCUT2D eigenvalue weighted by Crippen LogP contribution is -2.40. The minimum absolute atomic E-state index is 0.0500. The monoisotopic (exact) mass is 236 g/mol. The summed E-state index contributed by atoms with van der Waals surface area (Å²) in [5, 5.41) is 11.2. The second kappa shape index (κ2) is 5.70. The molecule has 1 amide bonds. The number of hydrogen-bond donors (Lipinski definition) is 2. The number of aryl methyl sites for hydroxylation is 1. The summed E-state index contributed by atoms with van der Waals surface area (Å²) in [6, 6.07) is -1.05. The molecule has 0 spiro atoms. The van der Waals surface area contributed by atoms with Crippen molar-refractivity contribution in [3.8, 4) is 11.8 Å². The number of rotatable bonds is 4. The van der Waals surface area contributed by atoms with Crippen LogP contribution in [0, 0.1) is 18.8 Å². The van der Waals surface area contributed by atoms with Gasteiger partial charge in [-0.2, -0.15) is 0 Å². The molecule has 1 atom stereocenters. The molecule has 1 unspecified atom stereocenters. The fourth-order valence-corrected chi connectivity index (χ4v) is 1.10. The van der Waals surface area contributed by atoms with Gasteiger partial charge < -0.3 is 14.8 Å². The van der Waals surface area contributed by atoms with E-state index in [4.69, 9.17) is 9.52 Å². The van der Waals surface area contributed by atoms with Crippen LogP contribution in [-0.4, -0.2) is 28.0 Å². The molecular formula is C11H12N2O4. The molecule has 0 fully saturated rings. The van der Waals surface area contributed by atoms with Crippen molar-refractivity contribution in [1.82, 2.24) is 10.3 Å². The first kappa shape index (κ1) is 12.8. The lowest BCUT2D eigenvalue weighted by atomic mass is 10.2. The molecule has 17 heavy (non-hydrogen) atoms. The third-order valence-corrected chi connectivity index (χ3v) is 1.94. The van der Waals surface area contributed by atoms with Crippen molar-refractivity contribution in [2.45, 2.75) is 26.3 Å². The second-order valence-electron chi connectivity index (χ2n) is 3.25. The van der Waals surface area contributed by atoms with Gasteiger partial charge in [-0.05, 0) is 6.92 Å². The smallest absolute Gasteiger partial charge is 0.327 e. The second-order valence-corrected chi connectivity index (χ2v) is 3.25. The first-order chi connectivity index (χ1) is 8.04. The molecule has 0 saturated heterocycles. The fourth-order valence-electron chi connectivity index (χ4n) is 1.10. The lowest BCUT2D eigenvalue weighted by molar-refractivity contribution is -0.139. The zero-order valence-corrected chi connectivity index (χ0v) is 9.48. The molecule has 1 rings (SSSR count). The maximum Gasteiger partial charge on any atom is 0.327 e. The predicted molar refractivity (Wildman–Crippen MR) is 58.2 cm³/mol. The van der Waals surface area contributed by atoms with Crippen molar-refractivity contribution in [3.63, 3.8) is 0 Å². The Hall–Kier alpha value is -2.29. The van der Waals surface area contributed by atoms with Crippen LogP contribution in [0.1, 0.15) is 29.7 Å². The van der Waals surface area contributed by atoms with Gasteiger partial charge in [-0.1, -0.05) is 0 Å². The van der Waals surface area contributed by atoms with E-state index in [0.29, 0.717) is 5.89 Å². The average molecular weight is 236 g/mol. The molecule has 0 aliphatic heterocycles. The van der Waals surface area contributed by atoms with Crippen LogP contribution in [0.15, 0.2) is 10.7 Å². The SMILES string of the molecule is CC#CCC(NC(=O)c1coc(C)n1)C(=O)O. The van der Waals surface area contributed by atoms with Gasteiger partial charge in [0, 0.05) is 13.3 Å². The van der Waals surface area contributed by atoms with E-state index in [2.05, 4.69) is 22.1 Å². The Bertz CT molecular complexity index is 481. The van der Waals surface area contributed by atoms with Crippen LogP contribution in [0.4, 0.5) is 0 Å². The van der Waals surface area contributed by atoms with Crippen LogP contribution < -0.4 is 5.32 Å². The molecule has 1 aromatic rings. The summed E-state index contributed by atoms with van der Waals surface area (Å²) in [6.07, 6.45) is 1.23. The van der Waals surface area contributed by atoms with E-state index in [9.17, 15) is 9.59 Å². The highest BCUT2D eigenvalue weighted by molar-refractivity contribution is 5.94. The van der Waals surface area contributed by atoms with Gasteiger partial charge in [0.25, 0.3) is 5.91 Å². The number of nitrogens with one attached hydrogen (secondary N) is 1. The van der Waals surface area contributed by atoms with Crippen LogP contribution in [-0.2, 0) is 4.79 Å². The largest absolute Gasteiger partial charge is 0.480 e. The summed E-state index contributed by atoms with van der Waals surface area (Å²) in [5.41, 5.74) is 0.0539. The Kier molecular flexibility index (Phi) is 4.29. The van der Waals surface area contributed by atoms with Crippen LogP contribution in [0.3, 0.4) is 0 Å². The van der Waals surface area contributed by atoms with Gasteiger partial charge in [-0.3, -0.25) is 4.79 Å². The van der Waals surface area contributed by atoms with Crippen molar-refractivity contribution in [3.05, 3.63) is 17.8 Å². The number of carboxylic acid groups (broad SMARTS) is 1. The molecule has 6 nitrogen and oxygen atoms in total. The maximum atomic E-state index is 11.6. The number of hydrogen-bond acceptors (Lipinski definition) is 4. The number of nitrogens with zero attached hydrogens (tertiary/aromatic N) is 1. The summed E-state index contributed by atoms with van der Waals surface area (Å²) in [5.74, 6) is 3.79. The number of carbonyl (C=O) groups excluding carboxylic acids is 1. The predicted octanol–water partition coefficient (Wildman–Crippen LogP) is 0.579. The topological polar surface area (TPSA) is 92.4 Å². The van der Waals surface area contributed by atoms with E-state index in [1.807, 2.05) is 0 Å². The number of oxazole rings is 1. The molecule has 1 aromatic heterocycles. The first-order valence-electron chi connectivity index (χ1n) is 4.90. The number of carboxylic acids is 1. The molecule has 2 N–H and O–H groups in total. The minimum atomic E-state index is -1.14. The third kappa shape index (κ3) is 3.65. The van der Waals surface area contributed by atoms with Crippen LogP contribution >= 0.6 is 0 Å². The molecule has 0 saturated carbocycles. The lowest BCUT2D eigenvalue weighted by Gasteiger charge is -2.09. The zero-order chi connectivity index (χ0) is 12.8. The van der Waals surface area contributed by atoms with Crippen molar-refractivity contribution >= 4 is 11.9 Å². The zero-order valence-electron chi connectivity index (χ0n) is 9.48. The highest BCUT2D eigenvalue weighted by Crippen LogP contribution is 2.01. The molecule has 0 radical (unpaired) electrons. The van der Waals surface area contributed by atoms with Crippen molar-refractivity contribution in [1.29, 1.82) is 0 Å². The Morgan fingerprint density at radius 2 is 2.35 bits per heavy atom. The quantitative estimate of drug-likeness (QED) is 0.746. The Morgan fingerprint density at radius 1 is 1.65 bits per heavy atom. The van der Waals surface area contributed by atoms with Gasteiger partial charge in [0.15, 0.2) is 11.6 Å². The van der Waals surface area contributed by atoms with Crippen molar-refractivity contribution < 1.29 is 19.1 Å². The normalized spacial score (nSPS) is 11.2. The third-order valence-electron chi connectivity index (χ3n) is 1.94. The van der Waals surface area contributed by atoms with E-state index < -0.39 is 17.9 Å². The van der Waals surface area contributed by atoms with Gasteiger partial charge >= 0.3 is 5.97 Å². The molecule has 90 valence electrons. The summed E-state index contributed by atoms with van der Waals surface area (Å²) < 4.78 is 4.86. The molecule has 6 heteroatoms. The average Bonchev–Trinajstić information content (AvgIpc) is 2.70. The van der Waals surface area contributed by atoms with Crippen LogP contribution in [0.5, 0.6) is 0 Å². The highest BCUT2D eigenvalue weighted by Gasteiger charge is 2.21. The fraction of sp³-hybridized carbons (Fsp3) is 0.364. The number of aromatic nitrogens is 1. The molecule has 0 aromatic carbocycles. The van der Waals surface area contributed by atoms with Gasteiger partial charge in [0.2, 0.25) is 0 Å². The Morgan fingerprint density at radius 3 is 2.82 bits per heavy atom. The van der Waals surface area contributed by atoms with Crippen LogP contribution in [0.2, 0.25) is 0 Å². The summed E-state index contributed by atoms with van der Waals surface area (Å²) in [6.45, 7) is 3.19. The summed E-state index contributed by atoms with van der Waals surface area (Å²) in [4.78, 5) is 26.2. The summed E-state index contributed by atoms with van der Waals surface area (Å²) in [7, 11) is 0. The number of amides is 1. The van der Waals surface area contributed by atoms with Crippen LogP contribution in [0.25, 0.3) is 0 Å². The molecule has 0 aliphatic rings. The molecule has 0 bridgehead atoms. The standard InChI is InChI=1S/C11H12N2O4/c1-3-4-5-8(11(15)16)13-10(14)9-6-17-7(2)12-9/h6,8H,5H2,1-2H3,(H,13,14)(H,15,16). The van der Waals surface area contributed by atoms with E-state index in [-0.39, 0.29) is 12.1 Å². The molecule has 1 heterocycles. The molecule has 0 aliphatic carbocycles. The van der Waals surface area contributed by atoms with E-state index in [1.54, 1.807) is 13.8 Å². The van der Waals surface area contributed by atoms with Gasteiger partial charge in [0.1, 0.15) is 12.3 Å². The summed E-state index contributed by atoms with van der Waals surface area (Å²) >= 11 is 0. The number of aliphatic carboxylic acids is 1. The molecular weight excluding hydrogens is 224 g/mol. The number of carbonyl (C=O) groups is 2. The maximum absolute atomic E-state index is 11.6. The van der Waals surface area contributed by atoms with Gasteiger partial charge in [-0.25, -0.2) is 9.78 Å². The van der Waals surface area contributed by atoms with Crippen molar-refractivity contribution in [2.24, 2.45) is 0 Å². The van der Waals surface area contributed by atoms with Gasteiger partial charge in [0.05, 0.1) is 0 Å². The van der Waals surface area contributed by atoms with E-state index >= 15 is 0 Å². The van der Waals surface area contributed by atoms with E-state index in [0.717, 1.165) is 0 Å². The Labute approximate surface area is 98.0 Å². The first-order valence-corrected chi connectivity index (χ1v) is 4.90. The Balaban J connectivity index is 2.69. The van der Waals surface area contributed by atoms with Crippen molar-refractivity contribution in [2.75, 3.05) is 0 Å². The van der Waals surface area contributed by atoms with E-state index in [1.165, 1.54) is 6.26 Å².